The summed E-state index contributed by atoms with van der Waals surface area (Å²) >= 11 is 1.84. The van der Waals surface area contributed by atoms with Crippen LogP contribution in [0.25, 0.3) is 5.69 Å². The predicted octanol–water partition coefficient (Wildman–Crippen LogP) is 4.31. The van der Waals surface area contributed by atoms with Crippen LogP contribution in [-0.2, 0) is 26.5 Å². The maximum atomic E-state index is 13.8. The van der Waals surface area contributed by atoms with Gasteiger partial charge in [-0.1, -0.05) is 48.5 Å². The Hall–Kier alpha value is -2.57. The highest BCUT2D eigenvalue weighted by atomic mass is 32.2. The monoisotopic (exact) mass is 405 g/mol. The average Bonchev–Trinajstić information content (AvgIpc) is 3.38. The molecule has 0 aliphatic carbocycles. The van der Waals surface area contributed by atoms with Crippen molar-refractivity contribution in [2.45, 2.75) is 29.8 Å². The standard InChI is InChI=1S/C23H23N3O2S/c27-22(23(11-13-28-14-12-23)17-7-3-1-4-8-17)24-21-19-15-29-16-20(19)25-26(21)18-9-5-2-6-10-18/h1-10H,11-16H2,(H,24,27). The van der Waals surface area contributed by atoms with Crippen molar-refractivity contribution in [2.24, 2.45) is 0 Å². The molecule has 0 bridgehead atoms. The highest BCUT2D eigenvalue weighted by Crippen LogP contribution is 2.39. The summed E-state index contributed by atoms with van der Waals surface area (Å²) in [5.74, 6) is 2.60. The molecule has 1 amide bonds. The molecule has 5 nitrogen and oxygen atoms in total. The number of aromatic nitrogens is 2. The first-order chi connectivity index (χ1) is 14.3. The van der Waals surface area contributed by atoms with Gasteiger partial charge in [0.15, 0.2) is 0 Å². The van der Waals surface area contributed by atoms with E-state index in [0.717, 1.165) is 39.8 Å². The topological polar surface area (TPSA) is 56.2 Å². The number of hydrogen-bond acceptors (Lipinski definition) is 4. The number of para-hydroxylation sites is 1. The largest absolute Gasteiger partial charge is 0.381 e. The minimum Gasteiger partial charge on any atom is -0.381 e. The Bertz CT molecular complexity index is 1010. The first-order valence-electron chi connectivity index (χ1n) is 9.97. The van der Waals surface area contributed by atoms with E-state index < -0.39 is 5.41 Å². The van der Waals surface area contributed by atoms with Gasteiger partial charge in [0.25, 0.3) is 0 Å². The first kappa shape index (κ1) is 18.5. The third-order valence-electron chi connectivity index (χ3n) is 5.89. The lowest BCUT2D eigenvalue weighted by molar-refractivity contribution is -0.125. The zero-order valence-electron chi connectivity index (χ0n) is 16.1. The van der Waals surface area contributed by atoms with Crippen LogP contribution < -0.4 is 5.32 Å². The zero-order valence-corrected chi connectivity index (χ0v) is 17.0. The van der Waals surface area contributed by atoms with Crippen LogP contribution >= 0.6 is 11.8 Å². The van der Waals surface area contributed by atoms with Gasteiger partial charge < -0.3 is 10.1 Å². The third-order valence-corrected chi connectivity index (χ3v) is 6.86. The van der Waals surface area contributed by atoms with E-state index in [9.17, 15) is 4.79 Å². The lowest BCUT2D eigenvalue weighted by Gasteiger charge is -2.36. The number of carbonyl (C=O) groups excluding carboxylic acids is 1. The number of rotatable bonds is 4. The van der Waals surface area contributed by atoms with Crippen LogP contribution in [-0.4, -0.2) is 28.9 Å². The molecule has 0 unspecified atom stereocenters. The number of carbonyl (C=O) groups is 1. The number of ether oxygens (including phenoxy) is 1. The van der Waals surface area contributed by atoms with Crippen molar-refractivity contribution >= 4 is 23.5 Å². The highest BCUT2D eigenvalue weighted by molar-refractivity contribution is 7.98. The lowest BCUT2D eigenvalue weighted by atomic mass is 9.73. The molecule has 29 heavy (non-hydrogen) atoms. The van der Waals surface area contributed by atoms with Crippen LogP contribution in [0.15, 0.2) is 60.7 Å². The molecule has 0 spiro atoms. The summed E-state index contributed by atoms with van der Waals surface area (Å²) < 4.78 is 7.49. The predicted molar refractivity (Wildman–Crippen MR) is 115 cm³/mol. The summed E-state index contributed by atoms with van der Waals surface area (Å²) in [5.41, 5.74) is 3.64. The van der Waals surface area contributed by atoms with Crippen LogP contribution in [0.3, 0.4) is 0 Å². The normalized spacial score (nSPS) is 17.7. The van der Waals surface area contributed by atoms with Gasteiger partial charge in [-0.3, -0.25) is 4.79 Å². The minimum absolute atomic E-state index is 0.0313. The van der Waals surface area contributed by atoms with Gasteiger partial charge >= 0.3 is 0 Å². The number of nitrogens with zero attached hydrogens (tertiary/aromatic N) is 2. The molecule has 5 rings (SSSR count). The molecule has 1 aromatic heterocycles. The Morgan fingerprint density at radius 3 is 2.41 bits per heavy atom. The molecule has 0 atom stereocenters. The van der Waals surface area contributed by atoms with Crippen molar-refractivity contribution in [1.29, 1.82) is 0 Å². The van der Waals surface area contributed by atoms with Gasteiger partial charge in [-0.15, -0.1) is 0 Å². The molecule has 0 radical (unpaired) electrons. The second-order valence-electron chi connectivity index (χ2n) is 7.53. The Morgan fingerprint density at radius 1 is 1.00 bits per heavy atom. The molecule has 3 aromatic rings. The number of anilines is 1. The van der Waals surface area contributed by atoms with Gasteiger partial charge in [0.1, 0.15) is 5.82 Å². The number of hydrogen-bond donors (Lipinski definition) is 1. The van der Waals surface area contributed by atoms with Crippen molar-refractivity contribution in [2.75, 3.05) is 18.5 Å². The summed E-state index contributed by atoms with van der Waals surface area (Å²) in [6, 6.07) is 20.1. The number of fused-ring (bicyclic) bond motifs is 1. The number of thioether (sulfide) groups is 1. The number of nitrogens with one attached hydrogen (secondary N) is 1. The van der Waals surface area contributed by atoms with Gasteiger partial charge in [-0.2, -0.15) is 16.9 Å². The summed E-state index contributed by atoms with van der Waals surface area (Å²) in [7, 11) is 0. The average molecular weight is 406 g/mol. The zero-order chi connectivity index (χ0) is 19.7. The molecule has 2 aliphatic heterocycles. The van der Waals surface area contributed by atoms with E-state index in [0.29, 0.717) is 26.1 Å². The number of benzene rings is 2. The molecule has 1 saturated heterocycles. The molecule has 2 aromatic carbocycles. The van der Waals surface area contributed by atoms with Crippen molar-refractivity contribution in [3.63, 3.8) is 0 Å². The smallest absolute Gasteiger partial charge is 0.236 e. The van der Waals surface area contributed by atoms with Gasteiger partial charge in [-0.05, 0) is 30.5 Å². The molecule has 1 N–H and O–H groups in total. The van der Waals surface area contributed by atoms with Crippen molar-refractivity contribution in [3.8, 4) is 5.69 Å². The van der Waals surface area contributed by atoms with Crippen LogP contribution in [0.4, 0.5) is 5.82 Å². The fourth-order valence-corrected chi connectivity index (χ4v) is 5.28. The Kier molecular flexibility index (Phi) is 4.89. The van der Waals surface area contributed by atoms with Gasteiger partial charge in [0.2, 0.25) is 5.91 Å². The van der Waals surface area contributed by atoms with Crippen LogP contribution in [0.5, 0.6) is 0 Å². The first-order valence-corrected chi connectivity index (χ1v) is 11.1. The van der Waals surface area contributed by atoms with Crippen molar-refractivity contribution < 1.29 is 9.53 Å². The van der Waals surface area contributed by atoms with Gasteiger partial charge in [0, 0.05) is 30.3 Å². The Morgan fingerprint density at radius 2 is 1.69 bits per heavy atom. The SMILES string of the molecule is O=C(Nc1c2c(nn1-c1ccccc1)CSC2)C1(c2ccccc2)CCOCC1. The van der Waals surface area contributed by atoms with E-state index >= 15 is 0 Å². The fraction of sp³-hybridized carbons (Fsp3) is 0.304. The maximum absolute atomic E-state index is 13.8. The Balaban J connectivity index is 1.55. The number of amides is 1. The van der Waals surface area contributed by atoms with E-state index in [2.05, 4.69) is 17.4 Å². The summed E-state index contributed by atoms with van der Waals surface area (Å²) in [6.45, 7) is 1.18. The van der Waals surface area contributed by atoms with Gasteiger partial charge in [0.05, 0.1) is 16.8 Å². The molecular formula is C23H23N3O2S. The van der Waals surface area contributed by atoms with Crippen molar-refractivity contribution in [1.82, 2.24) is 9.78 Å². The second-order valence-corrected chi connectivity index (χ2v) is 8.51. The van der Waals surface area contributed by atoms with Crippen LogP contribution in [0.1, 0.15) is 29.7 Å². The molecule has 3 heterocycles. The molecular weight excluding hydrogens is 382 g/mol. The molecule has 0 saturated carbocycles. The van der Waals surface area contributed by atoms with E-state index in [1.165, 1.54) is 0 Å². The fourth-order valence-electron chi connectivity index (χ4n) is 4.25. The third kappa shape index (κ3) is 3.26. The lowest BCUT2D eigenvalue weighted by Crippen LogP contribution is -2.45. The second kappa shape index (κ2) is 7.69. The maximum Gasteiger partial charge on any atom is 0.236 e. The van der Waals surface area contributed by atoms with Crippen molar-refractivity contribution in [3.05, 3.63) is 77.5 Å². The van der Waals surface area contributed by atoms with Crippen LogP contribution in [0, 0.1) is 0 Å². The minimum atomic E-state index is -0.579. The van der Waals surface area contributed by atoms with E-state index in [1.807, 2.05) is 65.0 Å². The quantitative estimate of drug-likeness (QED) is 0.703. The Labute approximate surface area is 174 Å². The molecule has 2 aliphatic rings. The summed E-state index contributed by atoms with van der Waals surface area (Å²) in [5, 5.41) is 8.10. The molecule has 1 fully saturated rings. The molecule has 6 heteroatoms. The van der Waals surface area contributed by atoms with E-state index in [1.54, 1.807) is 0 Å². The van der Waals surface area contributed by atoms with E-state index in [4.69, 9.17) is 9.84 Å². The van der Waals surface area contributed by atoms with E-state index in [-0.39, 0.29) is 5.91 Å². The summed E-state index contributed by atoms with van der Waals surface area (Å²) in [4.78, 5) is 13.8. The van der Waals surface area contributed by atoms with Crippen LogP contribution in [0.2, 0.25) is 0 Å². The summed E-state index contributed by atoms with van der Waals surface area (Å²) in [6.07, 6.45) is 1.36. The molecule has 148 valence electrons. The van der Waals surface area contributed by atoms with Gasteiger partial charge in [-0.25, -0.2) is 4.68 Å². The highest BCUT2D eigenvalue weighted by Gasteiger charge is 2.42.